The van der Waals surface area contributed by atoms with E-state index in [4.69, 9.17) is 5.11 Å². The van der Waals surface area contributed by atoms with E-state index < -0.39 is 23.0 Å². The molecule has 0 radical (unpaired) electrons. The highest BCUT2D eigenvalue weighted by Crippen LogP contribution is 2.52. The smallest absolute Gasteiger partial charge is 0.304 e. The van der Waals surface area contributed by atoms with Gasteiger partial charge in [0.05, 0.1) is 6.42 Å². The highest BCUT2D eigenvalue weighted by atomic mass is 19.2. The van der Waals surface area contributed by atoms with Crippen LogP contribution >= 0.6 is 0 Å². The third-order valence-corrected chi connectivity index (χ3v) is 3.63. The first-order chi connectivity index (χ1) is 8.35. The Balaban J connectivity index is 2.47. The summed E-state index contributed by atoms with van der Waals surface area (Å²) < 4.78 is 27.4. The number of aliphatic carboxylic acids is 1. The maximum atomic E-state index is 13.9. The van der Waals surface area contributed by atoms with Crippen molar-refractivity contribution in [3.8, 4) is 0 Å². The third kappa shape index (κ3) is 2.24. The molecular formula is C14H16F2O2. The Labute approximate surface area is 105 Å². The van der Waals surface area contributed by atoms with Gasteiger partial charge in [0, 0.05) is 5.41 Å². The Hall–Kier alpha value is -1.45. The summed E-state index contributed by atoms with van der Waals surface area (Å²) in [6, 6.07) is 2.82. The summed E-state index contributed by atoms with van der Waals surface area (Å²) in [7, 11) is 0. The van der Waals surface area contributed by atoms with Crippen LogP contribution in [-0.4, -0.2) is 11.1 Å². The zero-order valence-electron chi connectivity index (χ0n) is 10.5. The predicted molar refractivity (Wildman–Crippen MR) is 63.6 cm³/mol. The first kappa shape index (κ1) is 13.0. The molecule has 1 saturated carbocycles. The van der Waals surface area contributed by atoms with Crippen molar-refractivity contribution < 1.29 is 18.7 Å². The fourth-order valence-corrected chi connectivity index (χ4v) is 2.31. The lowest BCUT2D eigenvalue weighted by molar-refractivity contribution is -0.137. The van der Waals surface area contributed by atoms with Gasteiger partial charge in [0.25, 0.3) is 0 Å². The van der Waals surface area contributed by atoms with E-state index in [0.717, 1.165) is 0 Å². The van der Waals surface area contributed by atoms with E-state index >= 15 is 0 Å². The van der Waals surface area contributed by atoms with Gasteiger partial charge in [-0.25, -0.2) is 8.78 Å². The van der Waals surface area contributed by atoms with Crippen molar-refractivity contribution in [2.24, 2.45) is 0 Å². The van der Waals surface area contributed by atoms with Crippen LogP contribution in [0.1, 0.15) is 50.2 Å². The standard InChI is InChI=1S/C14H16F2O2/c1-8(2)9-5-10(13(16)11(15)6-9)14(3-4-14)7-12(17)18/h5-6,8H,3-4,7H2,1-2H3,(H,17,18). The molecule has 0 aromatic heterocycles. The molecule has 0 saturated heterocycles. The summed E-state index contributed by atoms with van der Waals surface area (Å²) in [5, 5.41) is 8.87. The summed E-state index contributed by atoms with van der Waals surface area (Å²) >= 11 is 0. The molecule has 0 heterocycles. The van der Waals surface area contributed by atoms with Crippen LogP contribution in [0.5, 0.6) is 0 Å². The van der Waals surface area contributed by atoms with Gasteiger partial charge in [0.2, 0.25) is 0 Å². The van der Waals surface area contributed by atoms with Crippen molar-refractivity contribution in [2.75, 3.05) is 0 Å². The Morgan fingerprint density at radius 3 is 2.44 bits per heavy atom. The number of hydrogen-bond acceptors (Lipinski definition) is 1. The minimum Gasteiger partial charge on any atom is -0.481 e. The van der Waals surface area contributed by atoms with Gasteiger partial charge in [-0.15, -0.1) is 0 Å². The van der Waals surface area contributed by atoms with Crippen LogP contribution in [0.3, 0.4) is 0 Å². The number of carbonyl (C=O) groups is 1. The largest absolute Gasteiger partial charge is 0.481 e. The second-order valence-corrected chi connectivity index (χ2v) is 5.37. The van der Waals surface area contributed by atoms with Crippen LogP contribution in [0.15, 0.2) is 12.1 Å². The molecule has 0 atom stereocenters. The molecule has 4 heteroatoms. The van der Waals surface area contributed by atoms with Gasteiger partial charge < -0.3 is 5.11 Å². The highest BCUT2D eigenvalue weighted by Gasteiger charge is 2.48. The molecule has 2 nitrogen and oxygen atoms in total. The summed E-state index contributed by atoms with van der Waals surface area (Å²) in [6.45, 7) is 3.79. The Kier molecular flexibility index (Phi) is 3.13. The van der Waals surface area contributed by atoms with Crippen LogP contribution < -0.4 is 0 Å². The number of hydrogen-bond donors (Lipinski definition) is 1. The molecule has 0 bridgehead atoms. The van der Waals surface area contributed by atoms with Crippen molar-refractivity contribution in [3.05, 3.63) is 34.9 Å². The summed E-state index contributed by atoms with van der Waals surface area (Å²) in [5.41, 5.74) is 0.246. The van der Waals surface area contributed by atoms with Crippen LogP contribution in [-0.2, 0) is 10.2 Å². The van der Waals surface area contributed by atoms with E-state index in [1.54, 1.807) is 6.07 Å². The van der Waals surface area contributed by atoms with Gasteiger partial charge in [-0.3, -0.25) is 4.79 Å². The minimum absolute atomic E-state index is 0.0829. The van der Waals surface area contributed by atoms with E-state index in [0.29, 0.717) is 18.4 Å². The van der Waals surface area contributed by atoms with E-state index in [-0.39, 0.29) is 17.9 Å². The van der Waals surface area contributed by atoms with Crippen LogP contribution in [0.2, 0.25) is 0 Å². The molecule has 18 heavy (non-hydrogen) atoms. The average molecular weight is 254 g/mol. The predicted octanol–water partition coefficient (Wildman–Crippen LogP) is 3.59. The normalized spacial score (nSPS) is 16.9. The number of halogens is 2. The lowest BCUT2D eigenvalue weighted by Gasteiger charge is -2.17. The Morgan fingerprint density at radius 2 is 2.00 bits per heavy atom. The fourth-order valence-electron chi connectivity index (χ4n) is 2.31. The van der Waals surface area contributed by atoms with E-state index in [9.17, 15) is 13.6 Å². The van der Waals surface area contributed by atoms with Gasteiger partial charge in [0.15, 0.2) is 11.6 Å². The maximum Gasteiger partial charge on any atom is 0.304 e. The number of carboxylic acids is 1. The lowest BCUT2D eigenvalue weighted by Crippen LogP contribution is -2.16. The first-order valence-electron chi connectivity index (χ1n) is 6.07. The molecule has 0 unspecified atom stereocenters. The zero-order chi connectivity index (χ0) is 13.5. The molecule has 2 rings (SSSR count). The highest BCUT2D eigenvalue weighted by molar-refractivity contribution is 5.70. The van der Waals surface area contributed by atoms with Crippen LogP contribution in [0.4, 0.5) is 8.78 Å². The molecular weight excluding hydrogens is 238 g/mol. The monoisotopic (exact) mass is 254 g/mol. The number of carboxylic acid groups (broad SMARTS) is 1. The second-order valence-electron chi connectivity index (χ2n) is 5.37. The summed E-state index contributed by atoms with van der Waals surface area (Å²) in [6.07, 6.45) is 1.08. The molecule has 0 spiro atoms. The minimum atomic E-state index is -0.970. The quantitative estimate of drug-likeness (QED) is 0.891. The van der Waals surface area contributed by atoms with Crippen molar-refractivity contribution in [1.29, 1.82) is 0 Å². The van der Waals surface area contributed by atoms with Crippen molar-refractivity contribution >= 4 is 5.97 Å². The number of rotatable bonds is 4. The lowest BCUT2D eigenvalue weighted by atomic mass is 9.88. The van der Waals surface area contributed by atoms with Crippen LogP contribution in [0, 0.1) is 11.6 Å². The van der Waals surface area contributed by atoms with Gasteiger partial charge in [-0.1, -0.05) is 19.9 Å². The van der Waals surface area contributed by atoms with E-state index in [2.05, 4.69) is 0 Å². The molecule has 1 fully saturated rings. The first-order valence-corrected chi connectivity index (χ1v) is 6.07. The summed E-state index contributed by atoms with van der Waals surface area (Å²) in [4.78, 5) is 10.8. The second kappa shape index (κ2) is 4.34. The fraction of sp³-hybridized carbons (Fsp3) is 0.500. The average Bonchev–Trinajstić information content (AvgIpc) is 3.01. The topological polar surface area (TPSA) is 37.3 Å². The van der Waals surface area contributed by atoms with Gasteiger partial charge >= 0.3 is 5.97 Å². The molecule has 1 aromatic carbocycles. The van der Waals surface area contributed by atoms with Gasteiger partial charge in [0.1, 0.15) is 0 Å². The van der Waals surface area contributed by atoms with Crippen molar-refractivity contribution in [3.63, 3.8) is 0 Å². The molecule has 0 aliphatic heterocycles. The summed E-state index contributed by atoms with van der Waals surface area (Å²) in [5.74, 6) is -2.66. The molecule has 1 aromatic rings. The molecule has 1 aliphatic carbocycles. The van der Waals surface area contributed by atoms with E-state index in [1.807, 2.05) is 13.8 Å². The maximum absolute atomic E-state index is 13.9. The van der Waals surface area contributed by atoms with Crippen molar-refractivity contribution in [2.45, 2.75) is 44.4 Å². The Bertz CT molecular complexity index is 491. The van der Waals surface area contributed by atoms with E-state index in [1.165, 1.54) is 6.07 Å². The molecule has 1 aliphatic rings. The Morgan fingerprint density at radius 1 is 1.39 bits per heavy atom. The van der Waals surface area contributed by atoms with Gasteiger partial charge in [-0.05, 0) is 36.0 Å². The third-order valence-electron chi connectivity index (χ3n) is 3.63. The molecule has 1 N–H and O–H groups in total. The zero-order valence-corrected chi connectivity index (χ0v) is 10.5. The van der Waals surface area contributed by atoms with Crippen LogP contribution in [0.25, 0.3) is 0 Å². The number of benzene rings is 1. The SMILES string of the molecule is CC(C)c1cc(F)c(F)c(C2(CC(=O)O)CC2)c1. The van der Waals surface area contributed by atoms with Gasteiger partial charge in [-0.2, -0.15) is 0 Å². The van der Waals surface area contributed by atoms with Crippen molar-refractivity contribution in [1.82, 2.24) is 0 Å². The molecule has 0 amide bonds. The molecule has 98 valence electrons.